The van der Waals surface area contributed by atoms with E-state index in [1.807, 2.05) is 30.3 Å². The molecule has 0 fully saturated rings. The van der Waals surface area contributed by atoms with Crippen LogP contribution in [0.5, 0.6) is 5.75 Å². The largest absolute Gasteiger partial charge is 0.497 e. The van der Waals surface area contributed by atoms with Crippen LogP contribution in [-0.2, 0) is 13.1 Å². The van der Waals surface area contributed by atoms with Gasteiger partial charge in [-0.2, -0.15) is 0 Å². The van der Waals surface area contributed by atoms with Crippen LogP contribution in [0.15, 0.2) is 48.5 Å². The fourth-order valence-electron chi connectivity index (χ4n) is 1.82. The van der Waals surface area contributed by atoms with Gasteiger partial charge in [-0.15, -0.1) is 0 Å². The molecule has 0 spiro atoms. The maximum absolute atomic E-state index is 6.11. The summed E-state index contributed by atoms with van der Waals surface area (Å²) in [5.41, 5.74) is 2.45. The second-order valence-electron chi connectivity index (χ2n) is 4.14. The Morgan fingerprint density at radius 2 is 1.72 bits per heavy atom. The van der Waals surface area contributed by atoms with Crippen LogP contribution in [0.1, 0.15) is 11.1 Å². The number of nitrogens with two attached hydrogens (primary N) is 1. The molecule has 0 amide bonds. The van der Waals surface area contributed by atoms with Gasteiger partial charge in [0.15, 0.2) is 0 Å². The highest BCUT2D eigenvalue weighted by molar-refractivity contribution is 6.31. The van der Waals surface area contributed by atoms with Crippen LogP contribution in [0.4, 0.5) is 0 Å². The quantitative estimate of drug-likeness (QED) is 0.881. The summed E-state index contributed by atoms with van der Waals surface area (Å²) < 4.78 is 5.13. The van der Waals surface area contributed by atoms with Crippen LogP contribution >= 0.6 is 11.6 Å². The van der Waals surface area contributed by atoms with Crippen molar-refractivity contribution in [3.8, 4) is 5.75 Å². The van der Waals surface area contributed by atoms with Crippen molar-refractivity contribution in [2.24, 2.45) is 0 Å². The van der Waals surface area contributed by atoms with Gasteiger partial charge in [0.2, 0.25) is 0 Å². The Morgan fingerprint density at radius 3 is 2.39 bits per heavy atom. The van der Waals surface area contributed by atoms with E-state index in [9.17, 15) is 0 Å². The Balaban J connectivity index is 1.86. The Kier molecular flexibility index (Phi) is 4.62. The van der Waals surface area contributed by atoms with E-state index in [0.717, 1.165) is 23.9 Å². The molecule has 0 heterocycles. The molecule has 18 heavy (non-hydrogen) atoms. The van der Waals surface area contributed by atoms with E-state index in [1.54, 1.807) is 7.11 Å². The molecule has 94 valence electrons. The van der Waals surface area contributed by atoms with Crippen molar-refractivity contribution in [2.45, 2.75) is 13.1 Å². The lowest BCUT2D eigenvalue weighted by Crippen LogP contribution is -2.80. The van der Waals surface area contributed by atoms with E-state index < -0.39 is 0 Å². The zero-order valence-electron chi connectivity index (χ0n) is 10.4. The third-order valence-electron chi connectivity index (χ3n) is 2.86. The highest BCUT2D eigenvalue weighted by atomic mass is 35.5. The first-order chi connectivity index (χ1) is 8.79. The van der Waals surface area contributed by atoms with Crippen molar-refractivity contribution in [2.75, 3.05) is 7.11 Å². The van der Waals surface area contributed by atoms with Gasteiger partial charge in [-0.25, -0.2) is 0 Å². The van der Waals surface area contributed by atoms with E-state index >= 15 is 0 Å². The van der Waals surface area contributed by atoms with Gasteiger partial charge in [-0.1, -0.05) is 29.8 Å². The molecule has 0 unspecified atom stereocenters. The van der Waals surface area contributed by atoms with Crippen LogP contribution in [0.25, 0.3) is 0 Å². The molecule has 0 saturated heterocycles. The Morgan fingerprint density at radius 1 is 1.00 bits per heavy atom. The Hall–Kier alpha value is -1.51. The fourth-order valence-corrected chi connectivity index (χ4v) is 2.03. The number of rotatable bonds is 5. The number of hydrogen-bond acceptors (Lipinski definition) is 1. The maximum atomic E-state index is 6.11. The average molecular weight is 263 g/mol. The molecule has 2 nitrogen and oxygen atoms in total. The Bertz CT molecular complexity index is 496. The summed E-state index contributed by atoms with van der Waals surface area (Å²) in [6.07, 6.45) is 0. The fraction of sp³-hybridized carbons (Fsp3) is 0.200. The third-order valence-corrected chi connectivity index (χ3v) is 3.23. The molecular weight excluding hydrogens is 246 g/mol. The summed E-state index contributed by atoms with van der Waals surface area (Å²) in [5.74, 6) is 0.893. The maximum Gasteiger partial charge on any atom is 0.118 e. The van der Waals surface area contributed by atoms with E-state index in [-0.39, 0.29) is 0 Å². The summed E-state index contributed by atoms with van der Waals surface area (Å²) in [6.45, 7) is 1.83. The number of methoxy groups -OCH3 is 1. The van der Waals surface area contributed by atoms with E-state index in [4.69, 9.17) is 16.3 Å². The third kappa shape index (κ3) is 3.49. The number of hydrogen-bond donors (Lipinski definition) is 1. The summed E-state index contributed by atoms with van der Waals surface area (Å²) in [4.78, 5) is 0. The van der Waals surface area contributed by atoms with Gasteiger partial charge in [0.1, 0.15) is 18.8 Å². The van der Waals surface area contributed by atoms with Crippen LogP contribution in [0, 0.1) is 0 Å². The van der Waals surface area contributed by atoms with Crippen molar-refractivity contribution in [3.05, 3.63) is 64.7 Å². The first kappa shape index (κ1) is 12.9. The molecule has 0 aliphatic heterocycles. The SMILES string of the molecule is COc1ccc(C[NH2+]Cc2ccccc2Cl)cc1. The lowest BCUT2D eigenvalue weighted by Gasteiger charge is -2.05. The summed E-state index contributed by atoms with van der Waals surface area (Å²) in [7, 11) is 1.68. The Labute approximate surface area is 113 Å². The van der Waals surface area contributed by atoms with Crippen LogP contribution in [-0.4, -0.2) is 7.11 Å². The molecule has 0 aliphatic carbocycles. The molecule has 2 aromatic rings. The van der Waals surface area contributed by atoms with Gasteiger partial charge in [0, 0.05) is 16.1 Å². The summed E-state index contributed by atoms with van der Waals surface area (Å²) >= 11 is 6.11. The molecular formula is C15H17ClNO+. The molecule has 0 aliphatic rings. The monoisotopic (exact) mass is 262 g/mol. The highest BCUT2D eigenvalue weighted by Gasteiger charge is 2.01. The molecule has 2 aromatic carbocycles. The lowest BCUT2D eigenvalue weighted by molar-refractivity contribution is -0.686. The van der Waals surface area contributed by atoms with Crippen molar-refractivity contribution in [3.63, 3.8) is 0 Å². The molecule has 0 saturated carbocycles. The standard InChI is InChI=1S/C15H16ClNO/c1-18-14-8-6-12(7-9-14)10-17-11-13-4-2-3-5-15(13)16/h2-9,17H,10-11H2,1H3/p+1. The summed E-state index contributed by atoms with van der Waals surface area (Å²) in [5, 5.41) is 3.08. The molecule has 3 heteroatoms. The van der Waals surface area contributed by atoms with E-state index in [0.29, 0.717) is 0 Å². The van der Waals surface area contributed by atoms with E-state index in [2.05, 4.69) is 23.5 Å². The molecule has 0 radical (unpaired) electrons. The van der Waals surface area contributed by atoms with Gasteiger partial charge in [-0.3, -0.25) is 0 Å². The van der Waals surface area contributed by atoms with Crippen molar-refractivity contribution in [1.82, 2.24) is 0 Å². The van der Waals surface area contributed by atoms with Crippen LogP contribution in [0.3, 0.4) is 0 Å². The number of ether oxygens (including phenoxy) is 1. The van der Waals surface area contributed by atoms with Gasteiger partial charge >= 0.3 is 0 Å². The predicted molar refractivity (Wildman–Crippen MR) is 73.8 cm³/mol. The highest BCUT2D eigenvalue weighted by Crippen LogP contribution is 2.13. The minimum atomic E-state index is 0.837. The lowest BCUT2D eigenvalue weighted by atomic mass is 10.2. The molecule has 0 bridgehead atoms. The van der Waals surface area contributed by atoms with Crippen molar-refractivity contribution in [1.29, 1.82) is 0 Å². The van der Waals surface area contributed by atoms with Gasteiger partial charge in [0.05, 0.1) is 7.11 Å². The molecule has 0 aromatic heterocycles. The minimum absolute atomic E-state index is 0.837. The molecule has 2 N–H and O–H groups in total. The zero-order chi connectivity index (χ0) is 12.8. The zero-order valence-corrected chi connectivity index (χ0v) is 11.2. The molecule has 0 atom stereocenters. The number of benzene rings is 2. The van der Waals surface area contributed by atoms with Gasteiger partial charge in [-0.05, 0) is 30.3 Å². The first-order valence-electron chi connectivity index (χ1n) is 5.97. The second kappa shape index (κ2) is 6.43. The normalized spacial score (nSPS) is 10.3. The predicted octanol–water partition coefficient (Wildman–Crippen LogP) is 2.61. The van der Waals surface area contributed by atoms with Crippen molar-refractivity contribution < 1.29 is 10.1 Å². The van der Waals surface area contributed by atoms with Gasteiger partial charge in [0.25, 0.3) is 0 Å². The molecule has 2 rings (SSSR count). The van der Waals surface area contributed by atoms with Crippen LogP contribution < -0.4 is 10.1 Å². The minimum Gasteiger partial charge on any atom is -0.497 e. The number of halogens is 1. The average Bonchev–Trinajstić information content (AvgIpc) is 2.42. The second-order valence-corrected chi connectivity index (χ2v) is 4.54. The van der Waals surface area contributed by atoms with Crippen molar-refractivity contribution >= 4 is 11.6 Å². The topological polar surface area (TPSA) is 25.8 Å². The first-order valence-corrected chi connectivity index (χ1v) is 6.35. The van der Waals surface area contributed by atoms with Crippen LogP contribution in [0.2, 0.25) is 5.02 Å². The van der Waals surface area contributed by atoms with Gasteiger partial charge < -0.3 is 10.1 Å². The van der Waals surface area contributed by atoms with E-state index in [1.165, 1.54) is 11.1 Å². The number of quaternary nitrogens is 1. The summed E-state index contributed by atoms with van der Waals surface area (Å²) in [6, 6.07) is 16.1. The smallest absolute Gasteiger partial charge is 0.118 e.